The maximum absolute atomic E-state index is 12.7. The molecule has 0 aromatic carbocycles. The van der Waals surface area contributed by atoms with Gasteiger partial charge in [-0.15, -0.1) is 0 Å². The Morgan fingerprint density at radius 1 is 1.28 bits per heavy atom. The number of carbonyl (C=O) groups is 4. The Kier molecular flexibility index (Phi) is 6.16. The summed E-state index contributed by atoms with van der Waals surface area (Å²) in [7, 11) is 0. The summed E-state index contributed by atoms with van der Waals surface area (Å²) in [5.74, 6) is -6.76. The maximum Gasteiger partial charge on any atom is 0.497 e. The van der Waals surface area contributed by atoms with Gasteiger partial charge in [-0.1, -0.05) is 18.5 Å². The molecule has 0 bridgehead atoms. The second-order valence-electron chi connectivity index (χ2n) is 6.44. The van der Waals surface area contributed by atoms with E-state index in [1.165, 1.54) is 0 Å². The highest BCUT2D eigenvalue weighted by Crippen LogP contribution is 2.36. The fourth-order valence-corrected chi connectivity index (χ4v) is 2.92. The first-order valence-electron chi connectivity index (χ1n) is 7.61. The van der Waals surface area contributed by atoms with Gasteiger partial charge in [-0.05, 0) is 5.92 Å². The molecule has 0 saturated carbocycles. The molecule has 8 nitrogen and oxygen atoms in total. The van der Waals surface area contributed by atoms with Gasteiger partial charge in [0.15, 0.2) is 0 Å². The van der Waals surface area contributed by atoms with Gasteiger partial charge in [0.25, 0.3) is 5.91 Å². The maximum atomic E-state index is 12.7. The van der Waals surface area contributed by atoms with Crippen LogP contribution in [0.15, 0.2) is 0 Å². The zero-order chi connectivity index (χ0) is 19.6. The lowest BCUT2D eigenvalue weighted by Gasteiger charge is -2.34. The van der Waals surface area contributed by atoms with Crippen molar-refractivity contribution in [3.05, 3.63) is 0 Å². The first-order chi connectivity index (χ1) is 11.3. The Morgan fingerprint density at radius 3 is 2.24 bits per heavy atom. The zero-order valence-electron chi connectivity index (χ0n) is 13.8. The first kappa shape index (κ1) is 20.9. The highest BCUT2D eigenvalue weighted by atomic mass is 19.4. The SMILES string of the molecule is CC(C)CC(C(N)=O)[N+]1(OC(=O)C(F)(F)F)CCC(CC(N)=O)C1=O. The Bertz CT molecular complexity index is 579. The van der Waals surface area contributed by atoms with E-state index in [-0.39, 0.29) is 25.3 Å². The monoisotopic (exact) mass is 368 g/mol. The Hall–Kier alpha value is -2.17. The number of quaternary nitrogens is 1. The molecule has 3 unspecified atom stereocenters. The van der Waals surface area contributed by atoms with Crippen molar-refractivity contribution in [2.75, 3.05) is 6.54 Å². The van der Waals surface area contributed by atoms with E-state index in [9.17, 15) is 32.3 Å². The Labute approximate surface area is 141 Å². The molecule has 0 aliphatic carbocycles. The number of amides is 3. The standard InChI is InChI=1S/C14H20F3N3O5/c1-7(2)5-9(11(19)22)20(25-13(24)14(15,16)17)4-3-8(12(20)23)6-10(18)21/h7-9H,3-6H2,1-2H3,(H3-,18,19,21,22)/p+1. The molecule has 0 aromatic rings. The molecule has 1 rings (SSSR count). The number of hydrogen-bond donors (Lipinski definition) is 2. The molecule has 3 amide bonds. The lowest BCUT2D eigenvalue weighted by Crippen LogP contribution is -2.63. The molecule has 0 spiro atoms. The molecule has 0 radical (unpaired) electrons. The summed E-state index contributed by atoms with van der Waals surface area (Å²) >= 11 is 0. The number of hydroxylamine groups is 3. The highest BCUT2D eigenvalue weighted by Gasteiger charge is 2.62. The summed E-state index contributed by atoms with van der Waals surface area (Å²) in [6.45, 7) is 2.94. The van der Waals surface area contributed by atoms with Crippen LogP contribution in [0.1, 0.15) is 33.1 Å². The van der Waals surface area contributed by atoms with Crippen molar-refractivity contribution in [2.24, 2.45) is 23.3 Å². The number of hydrogen-bond acceptors (Lipinski definition) is 5. The van der Waals surface area contributed by atoms with Crippen LogP contribution >= 0.6 is 0 Å². The molecular formula is C14H21F3N3O5+. The number of halogens is 3. The van der Waals surface area contributed by atoms with Gasteiger partial charge in [-0.2, -0.15) is 13.2 Å². The molecule has 1 aliphatic rings. The minimum atomic E-state index is -5.35. The minimum absolute atomic E-state index is 0.0607. The molecule has 0 aromatic heterocycles. The molecule has 1 heterocycles. The quantitative estimate of drug-likeness (QED) is 0.618. The fourth-order valence-electron chi connectivity index (χ4n) is 2.92. The summed E-state index contributed by atoms with van der Waals surface area (Å²) in [6, 6.07) is -1.49. The van der Waals surface area contributed by atoms with Gasteiger partial charge in [0.2, 0.25) is 11.9 Å². The predicted molar refractivity (Wildman–Crippen MR) is 76.6 cm³/mol. The minimum Gasteiger partial charge on any atom is -0.370 e. The highest BCUT2D eigenvalue weighted by molar-refractivity contribution is 5.86. The van der Waals surface area contributed by atoms with Crippen molar-refractivity contribution >= 4 is 23.7 Å². The van der Waals surface area contributed by atoms with Crippen molar-refractivity contribution in [3.63, 3.8) is 0 Å². The summed E-state index contributed by atoms with van der Waals surface area (Å²) in [5.41, 5.74) is 10.3. The van der Waals surface area contributed by atoms with Crippen LogP contribution < -0.4 is 11.5 Å². The molecule has 4 N–H and O–H groups in total. The number of alkyl halides is 3. The molecule has 11 heteroatoms. The summed E-state index contributed by atoms with van der Waals surface area (Å²) in [4.78, 5) is 51.4. The largest absolute Gasteiger partial charge is 0.497 e. The number of rotatable bonds is 7. The van der Waals surface area contributed by atoms with E-state index in [1.807, 2.05) is 0 Å². The van der Waals surface area contributed by atoms with E-state index in [2.05, 4.69) is 4.84 Å². The van der Waals surface area contributed by atoms with E-state index in [0.717, 1.165) is 0 Å². The molecule has 3 atom stereocenters. The van der Waals surface area contributed by atoms with Gasteiger partial charge >= 0.3 is 18.1 Å². The molecule has 1 fully saturated rings. The van der Waals surface area contributed by atoms with Crippen molar-refractivity contribution in [1.29, 1.82) is 0 Å². The van der Waals surface area contributed by atoms with E-state index in [4.69, 9.17) is 11.5 Å². The van der Waals surface area contributed by atoms with Crippen molar-refractivity contribution in [2.45, 2.75) is 45.3 Å². The lowest BCUT2D eigenvalue weighted by atomic mass is 10.0. The smallest absolute Gasteiger partial charge is 0.370 e. The van der Waals surface area contributed by atoms with Crippen LogP contribution in [0.5, 0.6) is 0 Å². The van der Waals surface area contributed by atoms with Gasteiger partial charge < -0.3 is 11.5 Å². The average Bonchev–Trinajstić information content (AvgIpc) is 2.72. The van der Waals surface area contributed by atoms with Crippen LogP contribution in [-0.4, -0.2) is 47.1 Å². The predicted octanol–water partition coefficient (Wildman–Crippen LogP) is 0.146. The molecule has 142 valence electrons. The van der Waals surface area contributed by atoms with E-state index >= 15 is 0 Å². The lowest BCUT2D eigenvalue weighted by molar-refractivity contribution is -1.03. The van der Waals surface area contributed by atoms with Crippen LogP contribution in [0.2, 0.25) is 0 Å². The third-order valence-electron chi connectivity index (χ3n) is 3.98. The Morgan fingerprint density at radius 2 is 1.84 bits per heavy atom. The zero-order valence-corrected chi connectivity index (χ0v) is 13.8. The second kappa shape index (κ2) is 7.38. The van der Waals surface area contributed by atoms with Gasteiger partial charge in [0.1, 0.15) is 6.54 Å². The van der Waals surface area contributed by atoms with Crippen LogP contribution in [0.25, 0.3) is 0 Å². The van der Waals surface area contributed by atoms with Crippen LogP contribution in [-0.2, 0) is 24.0 Å². The van der Waals surface area contributed by atoms with E-state index in [0.29, 0.717) is 0 Å². The molecule has 1 saturated heterocycles. The third-order valence-corrected chi connectivity index (χ3v) is 3.98. The number of primary amides is 2. The summed E-state index contributed by atoms with van der Waals surface area (Å²) in [6.07, 6.45) is -5.91. The van der Waals surface area contributed by atoms with Crippen LogP contribution in [0.4, 0.5) is 13.2 Å². The Balaban J connectivity index is 3.31. The summed E-state index contributed by atoms with van der Waals surface area (Å²) in [5, 5.41) is 0. The number of likely N-dealkylation sites (tertiary alicyclic amines) is 1. The topological polar surface area (TPSA) is 130 Å². The van der Waals surface area contributed by atoms with Crippen molar-refractivity contribution < 1.29 is 41.8 Å². The number of nitrogens with zero attached hydrogens (tertiary/aromatic N) is 1. The van der Waals surface area contributed by atoms with Crippen molar-refractivity contribution in [1.82, 2.24) is 0 Å². The third kappa shape index (κ3) is 4.68. The van der Waals surface area contributed by atoms with Crippen LogP contribution in [0, 0.1) is 11.8 Å². The van der Waals surface area contributed by atoms with Gasteiger partial charge in [-0.25, -0.2) is 9.59 Å². The van der Waals surface area contributed by atoms with Crippen molar-refractivity contribution in [3.8, 4) is 0 Å². The second-order valence-corrected chi connectivity index (χ2v) is 6.44. The number of nitrogens with two attached hydrogens (primary N) is 2. The van der Waals surface area contributed by atoms with Gasteiger partial charge in [0, 0.05) is 19.3 Å². The summed E-state index contributed by atoms with van der Waals surface area (Å²) < 4.78 is 36.4. The van der Waals surface area contributed by atoms with E-state index < -0.39 is 52.9 Å². The normalized spacial score (nSPS) is 25.0. The molecule has 25 heavy (non-hydrogen) atoms. The van der Waals surface area contributed by atoms with Gasteiger partial charge in [-0.3, -0.25) is 14.4 Å². The average molecular weight is 368 g/mol. The molecular weight excluding hydrogens is 347 g/mol. The first-order valence-corrected chi connectivity index (χ1v) is 7.61. The fraction of sp³-hybridized carbons (Fsp3) is 0.714. The van der Waals surface area contributed by atoms with E-state index in [1.54, 1.807) is 13.8 Å². The number of carbonyl (C=O) groups excluding carboxylic acids is 4. The molecule has 1 aliphatic heterocycles. The van der Waals surface area contributed by atoms with Gasteiger partial charge in [0.05, 0.1) is 5.92 Å². The van der Waals surface area contributed by atoms with Crippen LogP contribution in [0.3, 0.4) is 0 Å².